The third kappa shape index (κ3) is 3.81. The third-order valence-corrected chi connectivity index (χ3v) is 4.13. The van der Waals surface area contributed by atoms with Crippen molar-refractivity contribution in [2.24, 2.45) is 0 Å². The van der Waals surface area contributed by atoms with Crippen molar-refractivity contribution in [3.63, 3.8) is 0 Å². The highest BCUT2D eigenvalue weighted by Crippen LogP contribution is 2.27. The van der Waals surface area contributed by atoms with Crippen molar-refractivity contribution in [1.29, 1.82) is 0 Å². The summed E-state index contributed by atoms with van der Waals surface area (Å²) in [5.74, 6) is 1.33. The van der Waals surface area contributed by atoms with Gasteiger partial charge in [0.2, 0.25) is 5.56 Å². The second-order valence-corrected chi connectivity index (χ2v) is 6.42. The van der Waals surface area contributed by atoms with E-state index in [1.165, 1.54) is 6.07 Å². The SMILES string of the molecule is Cc1cc(C(=O)N2CCC(Oc3cccnc3N(C)C)C2)cc(=O)[nH]1. The molecule has 132 valence electrons. The van der Waals surface area contributed by atoms with Crippen LogP contribution in [0.1, 0.15) is 22.5 Å². The number of carbonyl (C=O) groups excluding carboxylic acids is 1. The minimum absolute atomic E-state index is 0.0880. The molecule has 1 aliphatic heterocycles. The van der Waals surface area contributed by atoms with E-state index in [-0.39, 0.29) is 17.6 Å². The molecule has 1 N–H and O–H groups in total. The van der Waals surface area contributed by atoms with Gasteiger partial charge in [-0.2, -0.15) is 0 Å². The maximum atomic E-state index is 12.6. The fourth-order valence-corrected chi connectivity index (χ4v) is 2.99. The van der Waals surface area contributed by atoms with E-state index < -0.39 is 0 Å². The number of nitrogens with one attached hydrogen (secondary N) is 1. The lowest BCUT2D eigenvalue weighted by Gasteiger charge is -2.20. The minimum Gasteiger partial charge on any atom is -0.485 e. The Bertz CT molecular complexity index is 831. The number of amides is 1. The molecule has 7 nitrogen and oxygen atoms in total. The highest BCUT2D eigenvalue weighted by atomic mass is 16.5. The molecule has 1 atom stereocenters. The van der Waals surface area contributed by atoms with E-state index in [9.17, 15) is 9.59 Å². The van der Waals surface area contributed by atoms with E-state index in [1.54, 1.807) is 24.1 Å². The van der Waals surface area contributed by atoms with Crippen molar-refractivity contribution in [2.45, 2.75) is 19.4 Å². The monoisotopic (exact) mass is 342 g/mol. The lowest BCUT2D eigenvalue weighted by molar-refractivity contribution is 0.0772. The van der Waals surface area contributed by atoms with Crippen LogP contribution in [0.15, 0.2) is 35.3 Å². The van der Waals surface area contributed by atoms with Gasteiger partial charge in [-0.05, 0) is 25.1 Å². The molecule has 7 heteroatoms. The smallest absolute Gasteiger partial charge is 0.254 e. The Kier molecular flexibility index (Phi) is 4.74. The molecule has 25 heavy (non-hydrogen) atoms. The number of aromatic nitrogens is 2. The molecule has 0 spiro atoms. The molecule has 0 bridgehead atoms. The maximum absolute atomic E-state index is 12.6. The zero-order valence-electron chi connectivity index (χ0n) is 14.7. The van der Waals surface area contributed by atoms with Gasteiger partial charge >= 0.3 is 0 Å². The molecular formula is C18H22N4O3. The number of pyridine rings is 2. The first kappa shape index (κ1) is 17.0. The van der Waals surface area contributed by atoms with Crippen molar-refractivity contribution in [1.82, 2.24) is 14.9 Å². The van der Waals surface area contributed by atoms with Crippen LogP contribution >= 0.6 is 0 Å². The van der Waals surface area contributed by atoms with Crippen LogP contribution in [0.3, 0.4) is 0 Å². The molecule has 1 saturated heterocycles. The fraction of sp³-hybridized carbons (Fsp3) is 0.389. The third-order valence-electron chi connectivity index (χ3n) is 4.13. The van der Waals surface area contributed by atoms with Gasteiger partial charge in [0.05, 0.1) is 6.54 Å². The molecule has 2 aromatic rings. The predicted molar refractivity (Wildman–Crippen MR) is 95.3 cm³/mol. The number of H-pyrrole nitrogens is 1. The second-order valence-electron chi connectivity index (χ2n) is 6.42. The van der Waals surface area contributed by atoms with Gasteiger partial charge in [0.1, 0.15) is 6.10 Å². The number of anilines is 1. The van der Waals surface area contributed by atoms with Crippen molar-refractivity contribution in [3.05, 3.63) is 52.1 Å². The Balaban J connectivity index is 1.70. The summed E-state index contributed by atoms with van der Waals surface area (Å²) >= 11 is 0. The summed E-state index contributed by atoms with van der Waals surface area (Å²) < 4.78 is 6.07. The number of aromatic amines is 1. The van der Waals surface area contributed by atoms with Gasteiger partial charge in [-0.15, -0.1) is 0 Å². The first-order chi connectivity index (χ1) is 11.9. The predicted octanol–water partition coefficient (Wildman–Crippen LogP) is 1.44. The van der Waals surface area contributed by atoms with E-state index in [2.05, 4.69) is 9.97 Å². The van der Waals surface area contributed by atoms with Gasteiger partial charge in [0.25, 0.3) is 5.91 Å². The summed E-state index contributed by atoms with van der Waals surface area (Å²) in [6, 6.07) is 6.75. The molecule has 0 aromatic carbocycles. The van der Waals surface area contributed by atoms with E-state index in [4.69, 9.17) is 4.74 Å². The summed E-state index contributed by atoms with van der Waals surface area (Å²) in [5, 5.41) is 0. The first-order valence-corrected chi connectivity index (χ1v) is 8.23. The quantitative estimate of drug-likeness (QED) is 0.910. The van der Waals surface area contributed by atoms with Gasteiger partial charge in [-0.1, -0.05) is 0 Å². The Morgan fingerprint density at radius 3 is 2.92 bits per heavy atom. The molecule has 3 rings (SSSR count). The molecule has 1 aliphatic rings. The van der Waals surface area contributed by atoms with Crippen molar-refractivity contribution in [2.75, 3.05) is 32.1 Å². The zero-order valence-corrected chi connectivity index (χ0v) is 14.7. The van der Waals surface area contributed by atoms with Crippen LogP contribution in [0, 0.1) is 6.92 Å². The van der Waals surface area contributed by atoms with Crippen LogP contribution in [0.2, 0.25) is 0 Å². The van der Waals surface area contributed by atoms with Crippen molar-refractivity contribution >= 4 is 11.7 Å². The molecule has 2 aromatic heterocycles. The fourth-order valence-electron chi connectivity index (χ4n) is 2.99. The summed E-state index contributed by atoms with van der Waals surface area (Å²) in [6.07, 6.45) is 2.38. The molecule has 0 aliphatic carbocycles. The zero-order chi connectivity index (χ0) is 18.0. The van der Waals surface area contributed by atoms with Gasteiger partial charge in [-0.25, -0.2) is 4.98 Å². The summed E-state index contributed by atoms with van der Waals surface area (Å²) in [5.41, 5.74) is 0.826. The summed E-state index contributed by atoms with van der Waals surface area (Å²) in [4.78, 5) is 34.8. The van der Waals surface area contributed by atoms with E-state index in [0.717, 1.165) is 12.2 Å². The summed E-state index contributed by atoms with van der Waals surface area (Å²) in [6.45, 7) is 2.86. The van der Waals surface area contributed by atoms with Crippen LogP contribution in [0.25, 0.3) is 0 Å². The summed E-state index contributed by atoms with van der Waals surface area (Å²) in [7, 11) is 3.82. The highest BCUT2D eigenvalue weighted by molar-refractivity contribution is 5.94. The number of aryl methyl sites for hydroxylation is 1. The molecule has 1 unspecified atom stereocenters. The van der Waals surface area contributed by atoms with E-state index in [1.807, 2.05) is 31.1 Å². The van der Waals surface area contributed by atoms with Gasteiger partial charge in [0.15, 0.2) is 11.6 Å². The molecule has 1 fully saturated rings. The largest absolute Gasteiger partial charge is 0.485 e. The van der Waals surface area contributed by atoms with E-state index >= 15 is 0 Å². The second kappa shape index (κ2) is 6.96. The Morgan fingerprint density at radius 1 is 1.40 bits per heavy atom. The molecule has 0 saturated carbocycles. The number of ether oxygens (including phenoxy) is 1. The Labute approximate surface area is 146 Å². The van der Waals surface area contributed by atoms with Gasteiger partial charge < -0.3 is 19.5 Å². The Hall–Kier alpha value is -2.83. The van der Waals surface area contributed by atoms with Crippen LogP contribution in [-0.2, 0) is 0 Å². The number of hydrogen-bond acceptors (Lipinski definition) is 5. The van der Waals surface area contributed by atoms with Crippen LogP contribution in [0.4, 0.5) is 5.82 Å². The van der Waals surface area contributed by atoms with Crippen molar-refractivity contribution < 1.29 is 9.53 Å². The van der Waals surface area contributed by atoms with Crippen LogP contribution in [0.5, 0.6) is 5.75 Å². The topological polar surface area (TPSA) is 78.5 Å². The minimum atomic E-state index is -0.263. The number of hydrogen-bond donors (Lipinski definition) is 1. The molecule has 1 amide bonds. The number of nitrogens with zero attached hydrogens (tertiary/aromatic N) is 3. The number of likely N-dealkylation sites (tertiary alicyclic amines) is 1. The van der Waals surface area contributed by atoms with Crippen molar-refractivity contribution in [3.8, 4) is 5.75 Å². The molecule has 0 radical (unpaired) electrons. The first-order valence-electron chi connectivity index (χ1n) is 8.23. The highest BCUT2D eigenvalue weighted by Gasteiger charge is 2.29. The number of carbonyl (C=O) groups is 1. The molecular weight excluding hydrogens is 320 g/mol. The lowest BCUT2D eigenvalue weighted by Crippen LogP contribution is -2.32. The average Bonchev–Trinajstić information content (AvgIpc) is 3.02. The maximum Gasteiger partial charge on any atom is 0.254 e. The number of rotatable bonds is 4. The van der Waals surface area contributed by atoms with Gasteiger partial charge in [-0.3, -0.25) is 9.59 Å². The Morgan fingerprint density at radius 2 is 2.20 bits per heavy atom. The average molecular weight is 342 g/mol. The normalized spacial score (nSPS) is 16.8. The lowest BCUT2D eigenvalue weighted by atomic mass is 10.2. The standard InChI is InChI=1S/C18H22N4O3/c1-12-9-13(10-16(23)20-12)18(24)22-8-6-14(11-22)25-15-5-4-7-19-17(15)21(2)3/h4-5,7,9-10,14H,6,8,11H2,1-3H3,(H,20,23). The van der Waals surface area contributed by atoms with Gasteiger partial charge in [0, 0.05) is 50.6 Å². The molecule has 3 heterocycles. The van der Waals surface area contributed by atoms with Crippen LogP contribution < -0.4 is 15.2 Å². The van der Waals surface area contributed by atoms with E-state index in [0.29, 0.717) is 30.1 Å². The van der Waals surface area contributed by atoms with Crippen LogP contribution in [-0.4, -0.2) is 54.1 Å².